The first-order valence-electron chi connectivity index (χ1n) is 28.1. The van der Waals surface area contributed by atoms with Crippen molar-refractivity contribution in [1.29, 1.82) is 0 Å². The standard InChI is InChI=1S/C60H101O11P/c1-4-7-10-13-16-19-22-25-27-28-30-33-36-39-42-45-48-51-60(64)71-57(53-67-58(62)49-46-43-40-37-34-31-24-21-18-15-12-9-6-3)55-69-72(65,66)68-54-56(52-61)70-59(63)50-47-44-41-38-35-32-29-26-23-20-17-14-11-8-5-2/h7,9-10,12,16,18-19,21,25-27,29,31,34,40,43,56-57,61H,4-6,8,11,13-15,17,20,22-24,28,30,32-33,35-39,41-42,44-55H2,1-3H3,(H,65,66)/b10-7-,12-9-,19-16-,21-18-,27-25-,29-26-,34-31-,43-40-. The second-order valence-corrected chi connectivity index (χ2v) is 19.8. The fraction of sp³-hybridized carbons (Fsp3) is 0.683. The monoisotopic (exact) mass is 1030 g/mol. The van der Waals surface area contributed by atoms with Crippen molar-refractivity contribution in [3.8, 4) is 0 Å². The first-order chi connectivity index (χ1) is 35.2. The van der Waals surface area contributed by atoms with E-state index < -0.39 is 57.8 Å². The minimum atomic E-state index is -4.77. The lowest BCUT2D eigenvalue weighted by molar-refractivity contribution is -0.161. The van der Waals surface area contributed by atoms with Crippen LogP contribution in [0.2, 0.25) is 0 Å². The van der Waals surface area contributed by atoms with Crippen molar-refractivity contribution in [3.63, 3.8) is 0 Å². The van der Waals surface area contributed by atoms with Crippen molar-refractivity contribution in [2.75, 3.05) is 26.4 Å². The van der Waals surface area contributed by atoms with Crippen LogP contribution in [0.15, 0.2) is 97.2 Å². The maximum atomic E-state index is 12.9. The van der Waals surface area contributed by atoms with E-state index in [1.807, 2.05) is 12.2 Å². The van der Waals surface area contributed by atoms with Crippen molar-refractivity contribution < 1.29 is 52.2 Å². The quantitative estimate of drug-likeness (QED) is 0.0197. The molecule has 0 spiro atoms. The highest BCUT2D eigenvalue weighted by Crippen LogP contribution is 2.43. The molecule has 0 saturated heterocycles. The summed E-state index contributed by atoms with van der Waals surface area (Å²) in [5, 5.41) is 9.80. The van der Waals surface area contributed by atoms with E-state index in [-0.39, 0.29) is 25.9 Å². The summed E-state index contributed by atoms with van der Waals surface area (Å²) in [4.78, 5) is 48.4. The van der Waals surface area contributed by atoms with E-state index in [0.717, 1.165) is 128 Å². The van der Waals surface area contributed by atoms with Gasteiger partial charge in [-0.15, -0.1) is 0 Å². The summed E-state index contributed by atoms with van der Waals surface area (Å²) in [6, 6.07) is 0. The highest BCUT2D eigenvalue weighted by Gasteiger charge is 2.28. The second-order valence-electron chi connectivity index (χ2n) is 18.3. The Bertz CT molecular complexity index is 1580. The molecule has 0 aliphatic heterocycles. The number of aliphatic hydroxyl groups excluding tert-OH is 1. The molecule has 0 saturated carbocycles. The number of unbranched alkanes of at least 4 members (excludes halogenated alkanes) is 18. The number of aliphatic hydroxyl groups is 1. The molecule has 0 aromatic carbocycles. The highest BCUT2D eigenvalue weighted by atomic mass is 31.2. The van der Waals surface area contributed by atoms with Gasteiger partial charge >= 0.3 is 25.7 Å². The van der Waals surface area contributed by atoms with Gasteiger partial charge in [0.1, 0.15) is 12.7 Å². The third-order valence-corrected chi connectivity index (χ3v) is 12.4. The van der Waals surface area contributed by atoms with Crippen LogP contribution in [0.5, 0.6) is 0 Å². The predicted molar refractivity (Wildman–Crippen MR) is 297 cm³/mol. The smallest absolute Gasteiger partial charge is 0.462 e. The summed E-state index contributed by atoms with van der Waals surface area (Å²) in [6.07, 6.45) is 62.4. The molecule has 2 N–H and O–H groups in total. The van der Waals surface area contributed by atoms with Crippen LogP contribution in [0.25, 0.3) is 0 Å². The summed E-state index contributed by atoms with van der Waals surface area (Å²) in [5.74, 6) is -1.59. The molecular formula is C60H101O11P. The average molecular weight is 1030 g/mol. The normalized spacial score (nSPS) is 14.1. The van der Waals surface area contributed by atoms with Crippen molar-refractivity contribution in [2.45, 2.75) is 238 Å². The van der Waals surface area contributed by atoms with Gasteiger partial charge in [-0.1, -0.05) is 201 Å². The number of rotatable bonds is 51. The third-order valence-electron chi connectivity index (χ3n) is 11.5. The molecule has 3 atom stereocenters. The number of carbonyl (C=O) groups is 3. The number of allylic oxidation sites excluding steroid dienone is 16. The van der Waals surface area contributed by atoms with Crippen LogP contribution in [0.1, 0.15) is 226 Å². The Morgan fingerprint density at radius 3 is 1.18 bits per heavy atom. The van der Waals surface area contributed by atoms with Crippen LogP contribution in [0.3, 0.4) is 0 Å². The number of esters is 3. The lowest BCUT2D eigenvalue weighted by Crippen LogP contribution is -2.30. The molecule has 0 aliphatic rings. The van der Waals surface area contributed by atoms with Crippen molar-refractivity contribution in [1.82, 2.24) is 0 Å². The first kappa shape index (κ1) is 68.4. The third kappa shape index (κ3) is 51.3. The molecule has 0 radical (unpaired) electrons. The van der Waals surface area contributed by atoms with Crippen molar-refractivity contribution >= 4 is 25.7 Å². The number of phosphoric acid groups is 1. The zero-order valence-corrected chi connectivity index (χ0v) is 46.3. The van der Waals surface area contributed by atoms with Gasteiger partial charge in [0.2, 0.25) is 0 Å². The molecule has 0 aliphatic carbocycles. The van der Waals surface area contributed by atoms with Gasteiger partial charge in [-0.25, -0.2) is 4.57 Å². The minimum absolute atomic E-state index is 0.0988. The Morgan fingerprint density at radius 1 is 0.403 bits per heavy atom. The lowest BCUT2D eigenvalue weighted by atomic mass is 10.1. The fourth-order valence-electron chi connectivity index (χ4n) is 7.26. The summed E-state index contributed by atoms with van der Waals surface area (Å²) >= 11 is 0. The zero-order valence-electron chi connectivity index (χ0n) is 45.4. The number of hydrogen-bond donors (Lipinski definition) is 2. The Labute approximate surface area is 438 Å². The molecule has 0 aromatic rings. The van der Waals surface area contributed by atoms with E-state index in [0.29, 0.717) is 19.3 Å². The zero-order chi connectivity index (χ0) is 52.7. The summed E-state index contributed by atoms with van der Waals surface area (Å²) in [5.41, 5.74) is 0. The number of hydrogen-bond acceptors (Lipinski definition) is 10. The van der Waals surface area contributed by atoms with Crippen LogP contribution in [0.4, 0.5) is 0 Å². The maximum absolute atomic E-state index is 12.9. The number of phosphoric ester groups is 1. The largest absolute Gasteiger partial charge is 0.472 e. The fourth-order valence-corrected chi connectivity index (χ4v) is 8.04. The van der Waals surface area contributed by atoms with Crippen molar-refractivity contribution in [2.24, 2.45) is 0 Å². The molecule has 0 bridgehead atoms. The first-order valence-corrected chi connectivity index (χ1v) is 29.6. The maximum Gasteiger partial charge on any atom is 0.472 e. The summed E-state index contributed by atoms with van der Waals surface area (Å²) < 4.78 is 39.4. The molecule has 0 amide bonds. The average Bonchev–Trinajstić information content (AvgIpc) is 3.37. The number of carbonyl (C=O) groups excluding carboxylic acids is 3. The van der Waals surface area contributed by atoms with Gasteiger partial charge in [-0.05, 0) is 103 Å². The van der Waals surface area contributed by atoms with Crippen LogP contribution >= 0.6 is 7.82 Å². The Kier molecular flexibility index (Phi) is 51.0. The molecule has 3 unspecified atom stereocenters. The minimum Gasteiger partial charge on any atom is -0.462 e. The number of ether oxygens (including phenoxy) is 3. The van der Waals surface area contributed by atoms with Gasteiger partial charge in [0.25, 0.3) is 0 Å². The molecule has 0 fully saturated rings. The Hall–Kier alpha value is -3.60. The van der Waals surface area contributed by atoms with E-state index in [4.69, 9.17) is 23.3 Å². The second kappa shape index (κ2) is 53.7. The molecule has 0 aromatic heterocycles. The van der Waals surface area contributed by atoms with E-state index in [1.54, 1.807) is 0 Å². The van der Waals surface area contributed by atoms with Crippen LogP contribution in [-0.2, 0) is 42.2 Å². The summed E-state index contributed by atoms with van der Waals surface area (Å²) in [6.45, 7) is 4.30. The Morgan fingerprint density at radius 2 is 0.750 bits per heavy atom. The van der Waals surface area contributed by atoms with Crippen LogP contribution in [0, 0.1) is 0 Å². The van der Waals surface area contributed by atoms with Gasteiger partial charge in [0.05, 0.1) is 19.8 Å². The van der Waals surface area contributed by atoms with E-state index in [2.05, 4.69) is 106 Å². The van der Waals surface area contributed by atoms with Gasteiger partial charge in [0.15, 0.2) is 6.10 Å². The Balaban J connectivity index is 4.80. The topological polar surface area (TPSA) is 155 Å². The summed E-state index contributed by atoms with van der Waals surface area (Å²) in [7, 11) is -4.77. The van der Waals surface area contributed by atoms with Crippen molar-refractivity contribution in [3.05, 3.63) is 97.2 Å². The van der Waals surface area contributed by atoms with Gasteiger partial charge in [0, 0.05) is 19.3 Å². The molecule has 72 heavy (non-hydrogen) atoms. The lowest BCUT2D eigenvalue weighted by Gasteiger charge is -2.21. The molecule has 0 heterocycles. The SMILES string of the molecule is CC/C=C\C/C=C\C/C=C\C/C=C\CCC(=O)OCC(COP(=O)(O)OCC(CO)OC(=O)CCCCCCC/C=C\CCCCCCCC)OC(=O)CCCCCCCCC/C=C\C/C=C\C/C=C\CC. The molecular weight excluding hydrogens is 928 g/mol. The van der Waals surface area contributed by atoms with E-state index >= 15 is 0 Å². The van der Waals surface area contributed by atoms with Crippen LogP contribution < -0.4 is 0 Å². The highest BCUT2D eigenvalue weighted by molar-refractivity contribution is 7.47. The molecule has 412 valence electrons. The van der Waals surface area contributed by atoms with Gasteiger partial charge < -0.3 is 24.2 Å². The van der Waals surface area contributed by atoms with Crippen LogP contribution in [-0.4, -0.2) is 66.5 Å². The molecule has 11 nitrogen and oxygen atoms in total. The van der Waals surface area contributed by atoms with Gasteiger partial charge in [-0.3, -0.25) is 23.4 Å². The van der Waals surface area contributed by atoms with E-state index in [9.17, 15) is 28.9 Å². The molecule has 0 rings (SSSR count). The molecule has 12 heteroatoms. The predicted octanol–water partition coefficient (Wildman–Crippen LogP) is 16.5. The van der Waals surface area contributed by atoms with E-state index in [1.165, 1.54) is 38.5 Å². The van der Waals surface area contributed by atoms with Gasteiger partial charge in [-0.2, -0.15) is 0 Å².